The molecule has 1 N–H and O–H groups in total. The van der Waals surface area contributed by atoms with Crippen LogP contribution in [0.4, 0.5) is 8.78 Å². The molecule has 2 aromatic heterocycles. The van der Waals surface area contributed by atoms with Gasteiger partial charge in [0.15, 0.2) is 0 Å². The molecule has 5 nitrogen and oxygen atoms in total. The van der Waals surface area contributed by atoms with Gasteiger partial charge in [-0.05, 0) is 71.7 Å². The summed E-state index contributed by atoms with van der Waals surface area (Å²) in [5.74, 6) is -0.629. The Morgan fingerprint density at radius 3 is 2.42 bits per heavy atom. The van der Waals surface area contributed by atoms with Crippen molar-refractivity contribution in [3.05, 3.63) is 111 Å². The summed E-state index contributed by atoms with van der Waals surface area (Å²) < 4.78 is 29.8. The molecule has 1 unspecified atom stereocenters. The quantitative estimate of drug-likeness (QED) is 0.275. The fourth-order valence-electron chi connectivity index (χ4n) is 5.13. The van der Waals surface area contributed by atoms with Gasteiger partial charge in [0, 0.05) is 31.3 Å². The summed E-state index contributed by atoms with van der Waals surface area (Å²) in [4.78, 5) is 22.5. The highest BCUT2D eigenvalue weighted by atomic mass is 19.1. The molecule has 2 heterocycles. The van der Waals surface area contributed by atoms with Gasteiger partial charge >= 0.3 is 0 Å². The maximum Gasteiger partial charge on any atom is 0.261 e. The minimum atomic E-state index is -0.692. The second-order valence-electron chi connectivity index (χ2n) is 10.2. The average Bonchev–Trinajstić information content (AvgIpc) is 3.72. The molecule has 0 bridgehead atoms. The van der Waals surface area contributed by atoms with Crippen LogP contribution in [-0.2, 0) is 12.8 Å². The largest absolute Gasteiger partial charge is 0.493 e. The smallest absolute Gasteiger partial charge is 0.261 e. The van der Waals surface area contributed by atoms with E-state index in [1.54, 1.807) is 10.8 Å². The van der Waals surface area contributed by atoms with Crippen LogP contribution in [0, 0.1) is 24.5 Å². The summed E-state index contributed by atoms with van der Waals surface area (Å²) in [5, 5.41) is 10.9. The highest BCUT2D eigenvalue weighted by Gasteiger charge is 2.26. The van der Waals surface area contributed by atoms with E-state index >= 15 is 0 Å². The normalized spacial score (nSPS) is 14.0. The lowest BCUT2D eigenvalue weighted by atomic mass is 9.99. The number of halogens is 2. The van der Waals surface area contributed by atoms with Gasteiger partial charge in [-0.3, -0.25) is 14.3 Å². The summed E-state index contributed by atoms with van der Waals surface area (Å²) in [6.07, 6.45) is 7.86. The van der Waals surface area contributed by atoms with E-state index in [1.807, 2.05) is 50.4 Å². The SMILES string of the molecule is CCC(c1cc(F)cc(F)c1)n1c(CCC2CC2)nc(O)c(Cc2ccc(-c3ccncc3C)cc2)c1=O. The van der Waals surface area contributed by atoms with Crippen molar-refractivity contribution in [1.29, 1.82) is 0 Å². The number of nitrogens with zero attached hydrogens (tertiary/aromatic N) is 3. The van der Waals surface area contributed by atoms with Gasteiger partial charge in [0.2, 0.25) is 5.88 Å². The maximum absolute atomic E-state index is 14.1. The van der Waals surface area contributed by atoms with Crippen LogP contribution in [0.15, 0.2) is 65.7 Å². The Hall–Kier alpha value is -3.87. The van der Waals surface area contributed by atoms with Crippen molar-refractivity contribution >= 4 is 0 Å². The van der Waals surface area contributed by atoms with E-state index in [2.05, 4.69) is 9.97 Å². The Kier molecular flexibility index (Phi) is 7.36. The number of benzene rings is 2. The van der Waals surface area contributed by atoms with Crippen molar-refractivity contribution in [3.8, 4) is 17.0 Å². The van der Waals surface area contributed by atoms with Crippen LogP contribution in [0.3, 0.4) is 0 Å². The fraction of sp³-hybridized carbons (Fsp3) is 0.323. The Labute approximate surface area is 220 Å². The number of hydrogen-bond donors (Lipinski definition) is 1. The van der Waals surface area contributed by atoms with Crippen LogP contribution in [0.2, 0.25) is 0 Å². The van der Waals surface area contributed by atoms with Gasteiger partial charge in [0.1, 0.15) is 17.5 Å². The Morgan fingerprint density at radius 2 is 1.79 bits per heavy atom. The molecule has 2 aromatic carbocycles. The van der Waals surface area contributed by atoms with Crippen molar-refractivity contribution in [1.82, 2.24) is 14.5 Å². The molecular weight excluding hydrogens is 484 g/mol. The van der Waals surface area contributed by atoms with Crippen LogP contribution in [-0.4, -0.2) is 19.6 Å². The van der Waals surface area contributed by atoms with Crippen molar-refractivity contribution in [2.24, 2.45) is 5.92 Å². The molecule has 4 aromatic rings. The second-order valence-corrected chi connectivity index (χ2v) is 10.2. The van der Waals surface area contributed by atoms with E-state index in [-0.39, 0.29) is 23.4 Å². The van der Waals surface area contributed by atoms with Crippen molar-refractivity contribution in [2.45, 2.75) is 58.4 Å². The number of aromatic nitrogens is 3. The maximum atomic E-state index is 14.1. The lowest BCUT2D eigenvalue weighted by molar-refractivity contribution is 0.418. The van der Waals surface area contributed by atoms with E-state index in [0.29, 0.717) is 30.1 Å². The lowest BCUT2D eigenvalue weighted by Crippen LogP contribution is -2.32. The number of aromatic hydroxyl groups is 1. The van der Waals surface area contributed by atoms with E-state index < -0.39 is 17.7 Å². The Morgan fingerprint density at radius 1 is 1.08 bits per heavy atom. The van der Waals surface area contributed by atoms with Crippen LogP contribution < -0.4 is 5.56 Å². The first-order chi connectivity index (χ1) is 18.3. The van der Waals surface area contributed by atoms with Crippen molar-refractivity contribution in [3.63, 3.8) is 0 Å². The number of rotatable bonds is 9. The third kappa shape index (κ3) is 5.52. The number of pyridine rings is 1. The summed E-state index contributed by atoms with van der Waals surface area (Å²) in [6, 6.07) is 12.5. The first kappa shape index (κ1) is 25.8. The van der Waals surface area contributed by atoms with Gasteiger partial charge in [0.05, 0.1) is 11.6 Å². The van der Waals surface area contributed by atoms with Gasteiger partial charge in [-0.15, -0.1) is 0 Å². The lowest BCUT2D eigenvalue weighted by Gasteiger charge is -2.24. The molecule has 0 saturated heterocycles. The predicted molar refractivity (Wildman–Crippen MR) is 143 cm³/mol. The average molecular weight is 516 g/mol. The monoisotopic (exact) mass is 515 g/mol. The van der Waals surface area contributed by atoms with Gasteiger partial charge in [0.25, 0.3) is 5.56 Å². The molecule has 0 amide bonds. The van der Waals surface area contributed by atoms with E-state index in [4.69, 9.17) is 0 Å². The zero-order valence-corrected chi connectivity index (χ0v) is 21.6. The van der Waals surface area contributed by atoms with E-state index in [1.165, 1.54) is 12.1 Å². The molecule has 1 aliphatic rings. The third-order valence-corrected chi connectivity index (χ3v) is 7.37. The van der Waals surface area contributed by atoms with E-state index in [9.17, 15) is 18.7 Å². The molecule has 38 heavy (non-hydrogen) atoms. The molecule has 0 radical (unpaired) electrons. The molecule has 1 atom stereocenters. The first-order valence-corrected chi connectivity index (χ1v) is 13.1. The standard InChI is InChI=1S/C31H31F2N3O2/c1-3-28(23-15-24(32)17-25(33)16-23)36-29(11-8-20-4-5-20)35-30(37)27(31(36)38)14-21-6-9-22(10-7-21)26-12-13-34-18-19(26)2/h6-7,9-10,12-13,15-18,20,28,37H,3-5,8,11,14H2,1-2H3. The Bertz CT molecular complexity index is 1490. The highest BCUT2D eigenvalue weighted by Crippen LogP contribution is 2.34. The summed E-state index contributed by atoms with van der Waals surface area (Å²) in [7, 11) is 0. The molecule has 1 fully saturated rings. The molecule has 0 aliphatic heterocycles. The zero-order valence-electron chi connectivity index (χ0n) is 21.6. The third-order valence-electron chi connectivity index (χ3n) is 7.37. The van der Waals surface area contributed by atoms with E-state index in [0.717, 1.165) is 47.6 Å². The molecule has 1 aliphatic carbocycles. The van der Waals surface area contributed by atoms with Crippen LogP contribution in [0.5, 0.6) is 5.88 Å². The minimum Gasteiger partial charge on any atom is -0.493 e. The van der Waals surface area contributed by atoms with Crippen LogP contribution in [0.25, 0.3) is 11.1 Å². The molecule has 7 heteroatoms. The topological polar surface area (TPSA) is 68.0 Å². The van der Waals surface area contributed by atoms with Gasteiger partial charge in [-0.25, -0.2) is 8.78 Å². The number of hydrogen-bond acceptors (Lipinski definition) is 4. The fourth-order valence-corrected chi connectivity index (χ4v) is 5.13. The molecule has 1 saturated carbocycles. The molecular formula is C31H31F2N3O2. The molecule has 196 valence electrons. The summed E-state index contributed by atoms with van der Waals surface area (Å²) >= 11 is 0. The Balaban J connectivity index is 1.54. The zero-order chi connectivity index (χ0) is 26.8. The van der Waals surface area contributed by atoms with Crippen LogP contribution >= 0.6 is 0 Å². The van der Waals surface area contributed by atoms with Crippen molar-refractivity contribution in [2.75, 3.05) is 0 Å². The van der Waals surface area contributed by atoms with Gasteiger partial charge < -0.3 is 5.11 Å². The summed E-state index contributed by atoms with van der Waals surface area (Å²) in [6.45, 7) is 3.87. The molecule has 0 spiro atoms. The minimum absolute atomic E-state index is 0.170. The van der Waals surface area contributed by atoms with Crippen LogP contribution in [0.1, 0.15) is 66.7 Å². The summed E-state index contributed by atoms with van der Waals surface area (Å²) in [5.41, 5.74) is 4.17. The first-order valence-electron chi connectivity index (χ1n) is 13.1. The van der Waals surface area contributed by atoms with Gasteiger partial charge in [-0.1, -0.05) is 44.0 Å². The molecule has 5 rings (SSSR count). The number of aryl methyl sites for hydroxylation is 2. The second kappa shape index (κ2) is 10.9. The van der Waals surface area contributed by atoms with Gasteiger partial charge in [-0.2, -0.15) is 4.98 Å². The predicted octanol–water partition coefficient (Wildman–Crippen LogP) is 6.53. The van der Waals surface area contributed by atoms with Crippen molar-refractivity contribution < 1.29 is 13.9 Å². The highest BCUT2D eigenvalue weighted by molar-refractivity contribution is 5.66.